The first-order valence-electron chi connectivity index (χ1n) is 5.95. The summed E-state index contributed by atoms with van der Waals surface area (Å²) in [7, 11) is 5.42. The van der Waals surface area contributed by atoms with E-state index in [0.717, 1.165) is 5.75 Å². The second kappa shape index (κ2) is 8.43. The Morgan fingerprint density at radius 3 is 2.53 bits per heavy atom. The maximum absolute atomic E-state index is 10.8. The lowest BCUT2D eigenvalue weighted by molar-refractivity contribution is -0.134. The van der Waals surface area contributed by atoms with Crippen LogP contribution < -0.4 is 4.90 Å². The molecule has 0 amide bonds. The first-order chi connectivity index (χ1) is 9.13. The van der Waals surface area contributed by atoms with E-state index in [-0.39, 0.29) is 5.97 Å². The molecule has 0 heterocycles. The minimum atomic E-state index is -0.337. The smallest absolute Gasteiger partial charge is 0.330 e. The normalized spacial score (nSPS) is 11.1. The van der Waals surface area contributed by atoms with Crippen molar-refractivity contribution in [3.63, 3.8) is 0 Å². The maximum Gasteiger partial charge on any atom is 0.330 e. The molecule has 0 fully saturated rings. The van der Waals surface area contributed by atoms with E-state index in [1.165, 1.54) is 23.8 Å². The van der Waals surface area contributed by atoms with Crippen LogP contribution in [0.4, 0.5) is 5.69 Å². The molecular weight excluding hydrogens is 258 g/mol. The van der Waals surface area contributed by atoms with Crippen molar-refractivity contribution >= 4 is 23.4 Å². The number of esters is 1. The lowest BCUT2D eigenvalue weighted by atomic mass is 10.3. The molecule has 0 bridgehead atoms. The Labute approximate surface area is 118 Å². The van der Waals surface area contributed by atoms with Crippen molar-refractivity contribution in [3.8, 4) is 0 Å². The van der Waals surface area contributed by atoms with Gasteiger partial charge < -0.3 is 9.64 Å². The molecule has 0 spiro atoms. The van der Waals surface area contributed by atoms with Crippen molar-refractivity contribution < 1.29 is 9.53 Å². The fourth-order valence-electron chi connectivity index (χ4n) is 1.32. The van der Waals surface area contributed by atoms with Crippen molar-refractivity contribution in [2.75, 3.05) is 31.9 Å². The van der Waals surface area contributed by atoms with Crippen LogP contribution in [-0.2, 0) is 9.53 Å². The lowest BCUT2D eigenvalue weighted by Gasteiger charge is -2.12. The van der Waals surface area contributed by atoms with Gasteiger partial charge in [-0.05, 0) is 24.3 Å². The number of carbonyl (C=O) groups excluding carboxylic acids is 1. The van der Waals surface area contributed by atoms with Gasteiger partial charge >= 0.3 is 5.97 Å². The molecule has 1 rings (SSSR count). The molecule has 0 aliphatic heterocycles. The van der Waals surface area contributed by atoms with Crippen LogP contribution in [0.2, 0.25) is 0 Å². The molecule has 0 aliphatic carbocycles. The van der Waals surface area contributed by atoms with Crippen molar-refractivity contribution in [1.29, 1.82) is 0 Å². The third-order valence-electron chi connectivity index (χ3n) is 2.38. The van der Waals surface area contributed by atoms with E-state index in [1.807, 2.05) is 26.2 Å². The quantitative estimate of drug-likeness (QED) is 0.346. The number of nitrogens with zero attached hydrogens (tertiary/aromatic N) is 1. The largest absolute Gasteiger partial charge is 0.466 e. The van der Waals surface area contributed by atoms with Gasteiger partial charge in [0.2, 0.25) is 0 Å². The van der Waals surface area contributed by atoms with Crippen molar-refractivity contribution in [1.82, 2.24) is 0 Å². The molecule has 0 saturated heterocycles. The van der Waals surface area contributed by atoms with E-state index in [9.17, 15) is 4.79 Å². The summed E-state index contributed by atoms with van der Waals surface area (Å²) in [5, 5.41) is 0. The molecule has 0 N–H and O–H groups in total. The number of thioether (sulfide) groups is 1. The number of allylic oxidation sites excluding steroid dienone is 2. The third kappa shape index (κ3) is 6.15. The van der Waals surface area contributed by atoms with Gasteiger partial charge in [-0.3, -0.25) is 0 Å². The van der Waals surface area contributed by atoms with Gasteiger partial charge in [0, 0.05) is 36.5 Å². The number of methoxy groups -OCH3 is 1. The molecule has 0 unspecified atom stereocenters. The van der Waals surface area contributed by atoms with Gasteiger partial charge in [-0.2, -0.15) is 0 Å². The highest BCUT2D eigenvalue weighted by atomic mass is 32.2. The van der Waals surface area contributed by atoms with Gasteiger partial charge in [-0.25, -0.2) is 4.79 Å². The zero-order valence-electron chi connectivity index (χ0n) is 11.5. The summed E-state index contributed by atoms with van der Waals surface area (Å²) in [5.41, 5.74) is 1.20. The molecule has 0 saturated carbocycles. The number of hydrogen-bond acceptors (Lipinski definition) is 4. The average Bonchev–Trinajstić information content (AvgIpc) is 2.42. The van der Waals surface area contributed by atoms with Gasteiger partial charge in [0.1, 0.15) is 0 Å². The van der Waals surface area contributed by atoms with Gasteiger partial charge in [-0.15, -0.1) is 11.8 Å². The van der Waals surface area contributed by atoms with Crippen LogP contribution in [0.5, 0.6) is 0 Å². The Bertz CT molecular complexity index is 450. The molecule has 0 aromatic heterocycles. The van der Waals surface area contributed by atoms with E-state index >= 15 is 0 Å². The summed E-state index contributed by atoms with van der Waals surface area (Å²) < 4.78 is 4.49. The SMILES string of the molecule is COC(=O)/C=C/C=C/CSc1ccc(N(C)C)cc1. The van der Waals surface area contributed by atoms with Crippen LogP contribution in [-0.4, -0.2) is 32.9 Å². The van der Waals surface area contributed by atoms with Crippen LogP contribution in [0, 0.1) is 0 Å². The summed E-state index contributed by atoms with van der Waals surface area (Å²) in [6.07, 6.45) is 6.93. The number of ether oxygens (including phenoxy) is 1. The summed E-state index contributed by atoms with van der Waals surface area (Å²) in [5.74, 6) is 0.531. The minimum Gasteiger partial charge on any atom is -0.466 e. The molecule has 1 aromatic rings. The second-order valence-corrected chi connectivity index (χ2v) is 5.10. The lowest BCUT2D eigenvalue weighted by Crippen LogP contribution is -2.07. The first kappa shape index (κ1) is 15.4. The van der Waals surface area contributed by atoms with Crippen molar-refractivity contribution in [3.05, 3.63) is 48.6 Å². The first-order valence-corrected chi connectivity index (χ1v) is 6.93. The Hall–Kier alpha value is -1.68. The van der Waals surface area contributed by atoms with Crippen LogP contribution in [0.1, 0.15) is 0 Å². The van der Waals surface area contributed by atoms with Crippen molar-refractivity contribution in [2.24, 2.45) is 0 Å². The van der Waals surface area contributed by atoms with Gasteiger partial charge in [0.25, 0.3) is 0 Å². The highest BCUT2D eigenvalue weighted by molar-refractivity contribution is 7.99. The van der Waals surface area contributed by atoms with E-state index in [2.05, 4.69) is 33.9 Å². The number of anilines is 1. The number of hydrogen-bond donors (Lipinski definition) is 0. The molecule has 0 radical (unpaired) electrons. The second-order valence-electron chi connectivity index (χ2n) is 4.01. The molecule has 0 aliphatic rings. The highest BCUT2D eigenvalue weighted by Gasteiger charge is 1.95. The average molecular weight is 277 g/mol. The number of carbonyl (C=O) groups is 1. The molecule has 1 aromatic carbocycles. The summed E-state index contributed by atoms with van der Waals surface area (Å²) >= 11 is 1.75. The fourth-order valence-corrected chi connectivity index (χ4v) is 2.05. The van der Waals surface area contributed by atoms with E-state index in [1.54, 1.807) is 17.8 Å². The molecule has 3 nitrogen and oxygen atoms in total. The van der Waals surface area contributed by atoms with Gasteiger partial charge in [0.05, 0.1) is 7.11 Å². The number of rotatable bonds is 6. The molecule has 19 heavy (non-hydrogen) atoms. The standard InChI is InChI=1S/C15H19NO2S/c1-16(2)13-8-10-14(11-9-13)19-12-6-4-5-7-15(17)18-3/h4-11H,12H2,1-3H3/b6-4+,7-5+. The van der Waals surface area contributed by atoms with Crippen molar-refractivity contribution in [2.45, 2.75) is 4.90 Å². The van der Waals surface area contributed by atoms with Crippen LogP contribution in [0.3, 0.4) is 0 Å². The molecular formula is C15H19NO2S. The Kier molecular flexibility index (Phi) is 6.82. The van der Waals surface area contributed by atoms with Crippen LogP contribution in [0.15, 0.2) is 53.5 Å². The van der Waals surface area contributed by atoms with Crippen LogP contribution >= 0.6 is 11.8 Å². The predicted octanol–water partition coefficient (Wildman–Crippen LogP) is 3.13. The molecule has 0 atom stereocenters. The monoisotopic (exact) mass is 277 g/mol. The van der Waals surface area contributed by atoms with E-state index < -0.39 is 0 Å². The van der Waals surface area contributed by atoms with Gasteiger partial charge in [-0.1, -0.05) is 18.2 Å². The Morgan fingerprint density at radius 2 is 1.95 bits per heavy atom. The fraction of sp³-hybridized carbons (Fsp3) is 0.267. The summed E-state index contributed by atoms with van der Waals surface area (Å²) in [6.45, 7) is 0. The Morgan fingerprint density at radius 1 is 1.26 bits per heavy atom. The topological polar surface area (TPSA) is 29.5 Å². The van der Waals surface area contributed by atoms with Gasteiger partial charge in [0.15, 0.2) is 0 Å². The highest BCUT2D eigenvalue weighted by Crippen LogP contribution is 2.21. The number of benzene rings is 1. The minimum absolute atomic E-state index is 0.337. The molecule has 4 heteroatoms. The molecule has 102 valence electrons. The zero-order chi connectivity index (χ0) is 14.1. The Balaban J connectivity index is 2.35. The third-order valence-corrected chi connectivity index (χ3v) is 3.34. The zero-order valence-corrected chi connectivity index (χ0v) is 12.3. The summed E-state index contributed by atoms with van der Waals surface area (Å²) in [4.78, 5) is 14.1. The van der Waals surface area contributed by atoms with E-state index in [0.29, 0.717) is 0 Å². The maximum atomic E-state index is 10.8. The predicted molar refractivity (Wildman–Crippen MR) is 81.8 cm³/mol. The van der Waals surface area contributed by atoms with Crippen LogP contribution in [0.25, 0.3) is 0 Å². The van der Waals surface area contributed by atoms with E-state index in [4.69, 9.17) is 0 Å². The summed E-state index contributed by atoms with van der Waals surface area (Å²) in [6, 6.07) is 8.42.